The standard InChI is InChI=1S/C21H24N4O5/c26-13-19(27)21(28)25-8-5-15(6-9-25)14-1-3-16(4-2-14)18-11-17(30-23-18)12-22-20-7-10-29-24-20/h1-5,7,10,17,19,26-27H,6,8-9,11-13H2,(H,22,24)/t17-,19-/m0/s1. The SMILES string of the molecule is O=C([C@@H](O)CO)N1CC=C(c2ccc(C3=NO[C@H](CNc4ccon4)C3)cc2)CC1. The second-order valence-corrected chi connectivity index (χ2v) is 7.27. The van der Waals surface area contributed by atoms with Crippen LogP contribution in [0.3, 0.4) is 0 Å². The van der Waals surface area contributed by atoms with Crippen molar-refractivity contribution in [1.82, 2.24) is 10.1 Å². The zero-order chi connectivity index (χ0) is 20.9. The van der Waals surface area contributed by atoms with E-state index in [1.165, 1.54) is 6.26 Å². The van der Waals surface area contributed by atoms with Gasteiger partial charge >= 0.3 is 0 Å². The number of hydrogen-bond acceptors (Lipinski definition) is 8. The fourth-order valence-corrected chi connectivity index (χ4v) is 3.53. The van der Waals surface area contributed by atoms with E-state index < -0.39 is 18.6 Å². The number of aromatic nitrogens is 1. The lowest BCUT2D eigenvalue weighted by molar-refractivity contribution is -0.141. The van der Waals surface area contributed by atoms with E-state index in [9.17, 15) is 9.90 Å². The normalized spacial score (nSPS) is 19.7. The Balaban J connectivity index is 1.31. The molecule has 3 heterocycles. The number of rotatable bonds is 7. The Morgan fingerprint density at radius 2 is 2.07 bits per heavy atom. The Bertz CT molecular complexity index is 923. The summed E-state index contributed by atoms with van der Waals surface area (Å²) in [6.07, 6.45) is 3.50. The number of aliphatic hydroxyl groups excluding tert-OH is 2. The van der Waals surface area contributed by atoms with Crippen LogP contribution < -0.4 is 5.32 Å². The van der Waals surface area contributed by atoms with Crippen molar-refractivity contribution in [3.05, 3.63) is 53.8 Å². The van der Waals surface area contributed by atoms with E-state index in [4.69, 9.17) is 14.5 Å². The molecule has 2 aromatic rings. The predicted octanol–water partition coefficient (Wildman–Crippen LogP) is 1.25. The van der Waals surface area contributed by atoms with E-state index in [-0.39, 0.29) is 6.10 Å². The average molecular weight is 412 g/mol. The minimum absolute atomic E-state index is 0.0600. The highest BCUT2D eigenvalue weighted by atomic mass is 16.6. The molecule has 0 bridgehead atoms. The number of benzene rings is 1. The molecular weight excluding hydrogens is 388 g/mol. The zero-order valence-corrected chi connectivity index (χ0v) is 16.4. The molecule has 0 radical (unpaired) electrons. The van der Waals surface area contributed by atoms with Crippen molar-refractivity contribution in [3.8, 4) is 0 Å². The molecule has 4 rings (SSSR count). The Morgan fingerprint density at radius 1 is 1.27 bits per heavy atom. The van der Waals surface area contributed by atoms with Crippen LogP contribution in [0.25, 0.3) is 5.57 Å². The van der Waals surface area contributed by atoms with Crippen LogP contribution in [0.1, 0.15) is 24.0 Å². The van der Waals surface area contributed by atoms with E-state index in [0.29, 0.717) is 38.3 Å². The minimum atomic E-state index is -1.34. The minimum Gasteiger partial charge on any atom is -0.393 e. The van der Waals surface area contributed by atoms with Gasteiger partial charge in [-0.3, -0.25) is 4.79 Å². The average Bonchev–Trinajstić information content (AvgIpc) is 3.49. The van der Waals surface area contributed by atoms with Crippen molar-refractivity contribution in [3.63, 3.8) is 0 Å². The maximum atomic E-state index is 12.0. The first-order chi connectivity index (χ1) is 14.6. The summed E-state index contributed by atoms with van der Waals surface area (Å²) in [7, 11) is 0. The molecule has 0 aliphatic carbocycles. The lowest BCUT2D eigenvalue weighted by Gasteiger charge is -2.28. The van der Waals surface area contributed by atoms with Crippen LogP contribution in [0.4, 0.5) is 5.82 Å². The van der Waals surface area contributed by atoms with Crippen molar-refractivity contribution in [2.45, 2.75) is 25.0 Å². The number of anilines is 1. The molecule has 2 aliphatic rings. The molecule has 2 aliphatic heterocycles. The van der Waals surface area contributed by atoms with Gasteiger partial charge in [0.15, 0.2) is 11.9 Å². The molecule has 158 valence electrons. The fraction of sp³-hybridized carbons (Fsp3) is 0.381. The monoisotopic (exact) mass is 412 g/mol. The molecule has 1 aromatic heterocycles. The summed E-state index contributed by atoms with van der Waals surface area (Å²) in [5.41, 5.74) is 4.17. The predicted molar refractivity (Wildman–Crippen MR) is 110 cm³/mol. The van der Waals surface area contributed by atoms with Gasteiger partial charge in [-0.15, -0.1) is 0 Å². The van der Waals surface area contributed by atoms with Gasteiger partial charge in [0, 0.05) is 25.6 Å². The quantitative estimate of drug-likeness (QED) is 0.626. The number of aliphatic hydroxyl groups is 2. The summed E-state index contributed by atoms with van der Waals surface area (Å²) in [5.74, 6) is 0.235. The van der Waals surface area contributed by atoms with Gasteiger partial charge in [0.25, 0.3) is 5.91 Å². The van der Waals surface area contributed by atoms with Gasteiger partial charge in [-0.1, -0.05) is 40.7 Å². The maximum Gasteiger partial charge on any atom is 0.254 e. The molecule has 0 unspecified atom stereocenters. The van der Waals surface area contributed by atoms with Crippen molar-refractivity contribution in [2.75, 3.05) is 31.6 Å². The molecule has 30 heavy (non-hydrogen) atoms. The lowest BCUT2D eigenvalue weighted by atomic mass is 9.96. The van der Waals surface area contributed by atoms with Gasteiger partial charge < -0.3 is 29.8 Å². The number of hydrogen-bond donors (Lipinski definition) is 3. The van der Waals surface area contributed by atoms with E-state index in [2.05, 4.69) is 15.6 Å². The van der Waals surface area contributed by atoms with Crippen LogP contribution in [0.15, 0.2) is 52.3 Å². The van der Waals surface area contributed by atoms with Crippen molar-refractivity contribution < 1.29 is 24.4 Å². The molecule has 9 heteroatoms. The van der Waals surface area contributed by atoms with Crippen LogP contribution in [0, 0.1) is 0 Å². The van der Waals surface area contributed by atoms with Crippen molar-refractivity contribution in [1.29, 1.82) is 0 Å². The largest absolute Gasteiger partial charge is 0.393 e. The molecule has 0 spiro atoms. The molecule has 0 fully saturated rings. The summed E-state index contributed by atoms with van der Waals surface area (Å²) >= 11 is 0. The molecule has 0 saturated heterocycles. The van der Waals surface area contributed by atoms with Crippen LogP contribution >= 0.6 is 0 Å². The van der Waals surface area contributed by atoms with Crippen molar-refractivity contribution >= 4 is 23.0 Å². The molecule has 3 N–H and O–H groups in total. The van der Waals surface area contributed by atoms with Gasteiger partial charge in [-0.05, 0) is 23.1 Å². The van der Waals surface area contributed by atoms with E-state index in [0.717, 1.165) is 22.4 Å². The van der Waals surface area contributed by atoms with Gasteiger partial charge in [-0.2, -0.15) is 0 Å². The molecule has 0 saturated carbocycles. The van der Waals surface area contributed by atoms with Crippen LogP contribution in [0.5, 0.6) is 0 Å². The highest BCUT2D eigenvalue weighted by molar-refractivity contribution is 6.01. The number of oxime groups is 1. The van der Waals surface area contributed by atoms with Crippen molar-refractivity contribution in [2.24, 2.45) is 5.16 Å². The molecule has 1 amide bonds. The highest BCUT2D eigenvalue weighted by Gasteiger charge is 2.24. The summed E-state index contributed by atoms with van der Waals surface area (Å²) in [6.45, 7) is 0.973. The lowest BCUT2D eigenvalue weighted by Crippen LogP contribution is -2.42. The summed E-state index contributed by atoms with van der Waals surface area (Å²) in [5, 5.41) is 29.6. The number of nitrogens with zero attached hydrogens (tertiary/aromatic N) is 3. The third-order valence-corrected chi connectivity index (χ3v) is 5.25. The zero-order valence-electron chi connectivity index (χ0n) is 16.4. The van der Waals surface area contributed by atoms with Gasteiger partial charge in [0.2, 0.25) is 0 Å². The van der Waals surface area contributed by atoms with E-state index in [1.54, 1.807) is 11.0 Å². The van der Waals surface area contributed by atoms with Crippen LogP contribution in [0.2, 0.25) is 0 Å². The molecule has 2 atom stereocenters. The second-order valence-electron chi connectivity index (χ2n) is 7.27. The Hall–Kier alpha value is -3.17. The van der Waals surface area contributed by atoms with Crippen LogP contribution in [-0.4, -0.2) is 70.3 Å². The summed E-state index contributed by atoms with van der Waals surface area (Å²) in [6, 6.07) is 9.90. The third-order valence-electron chi connectivity index (χ3n) is 5.25. The third kappa shape index (κ3) is 4.52. The molecular formula is C21H24N4O5. The highest BCUT2D eigenvalue weighted by Crippen LogP contribution is 2.24. The molecule has 1 aromatic carbocycles. The Morgan fingerprint density at radius 3 is 2.73 bits per heavy atom. The molecule has 9 nitrogen and oxygen atoms in total. The first-order valence-corrected chi connectivity index (χ1v) is 9.88. The Kier molecular flexibility index (Phi) is 6.10. The second kappa shape index (κ2) is 9.10. The Labute approximate surface area is 173 Å². The summed E-state index contributed by atoms with van der Waals surface area (Å²) < 4.78 is 4.79. The number of carbonyl (C=O) groups excluding carboxylic acids is 1. The summed E-state index contributed by atoms with van der Waals surface area (Å²) in [4.78, 5) is 19.0. The van der Waals surface area contributed by atoms with Gasteiger partial charge in [0.05, 0.1) is 18.9 Å². The van der Waals surface area contributed by atoms with Gasteiger partial charge in [-0.25, -0.2) is 0 Å². The number of amides is 1. The topological polar surface area (TPSA) is 120 Å². The van der Waals surface area contributed by atoms with Crippen LogP contribution in [-0.2, 0) is 9.63 Å². The van der Waals surface area contributed by atoms with E-state index in [1.807, 2.05) is 30.3 Å². The first-order valence-electron chi connectivity index (χ1n) is 9.88. The first kappa shape index (κ1) is 20.1. The fourth-order valence-electron chi connectivity index (χ4n) is 3.53. The number of carbonyl (C=O) groups is 1. The van der Waals surface area contributed by atoms with E-state index >= 15 is 0 Å². The maximum absolute atomic E-state index is 12.0. The number of nitrogens with one attached hydrogen (secondary N) is 1. The smallest absolute Gasteiger partial charge is 0.254 e. The van der Waals surface area contributed by atoms with Gasteiger partial charge in [0.1, 0.15) is 12.4 Å².